The SMILES string of the molecule is c1ccc(-c2nc(-c3ccccc3)nc(-c3cc(-n4c5ccccc5c5cc6c(cc54)oc4ccccc46)cc4sc5ccccc5c34)n2)cc1. The second-order valence-corrected chi connectivity index (χ2v) is 13.9. The molecule has 0 radical (unpaired) electrons. The molecule has 4 aromatic heterocycles. The summed E-state index contributed by atoms with van der Waals surface area (Å²) < 4.78 is 11.2. The number of para-hydroxylation sites is 2. The molecular formula is C45H26N4OS. The van der Waals surface area contributed by atoms with E-state index >= 15 is 0 Å². The first kappa shape index (κ1) is 28.2. The highest BCUT2D eigenvalue weighted by Crippen LogP contribution is 2.44. The predicted octanol–water partition coefficient (Wildman–Crippen LogP) is 12.2. The Hall–Kier alpha value is -6.63. The van der Waals surface area contributed by atoms with Gasteiger partial charge in [-0.2, -0.15) is 0 Å². The van der Waals surface area contributed by atoms with Gasteiger partial charge in [0.25, 0.3) is 0 Å². The van der Waals surface area contributed by atoms with Crippen molar-refractivity contribution in [3.05, 3.63) is 158 Å². The van der Waals surface area contributed by atoms with Gasteiger partial charge in [-0.25, -0.2) is 15.0 Å². The topological polar surface area (TPSA) is 56.7 Å². The van der Waals surface area contributed by atoms with Crippen LogP contribution in [0, 0.1) is 0 Å². The van der Waals surface area contributed by atoms with Crippen molar-refractivity contribution in [1.29, 1.82) is 0 Å². The molecule has 4 heterocycles. The lowest BCUT2D eigenvalue weighted by Crippen LogP contribution is -2.01. The van der Waals surface area contributed by atoms with Crippen molar-refractivity contribution in [2.24, 2.45) is 0 Å². The minimum atomic E-state index is 0.638. The van der Waals surface area contributed by atoms with Crippen LogP contribution in [-0.4, -0.2) is 19.5 Å². The van der Waals surface area contributed by atoms with Crippen LogP contribution in [0.2, 0.25) is 0 Å². The summed E-state index contributed by atoms with van der Waals surface area (Å²) in [6.07, 6.45) is 0. The number of benzene rings is 7. The van der Waals surface area contributed by atoms with Gasteiger partial charge in [0.15, 0.2) is 17.5 Å². The second-order valence-electron chi connectivity index (χ2n) is 12.8. The molecule has 0 saturated carbocycles. The maximum Gasteiger partial charge on any atom is 0.164 e. The van der Waals surface area contributed by atoms with Crippen molar-refractivity contribution < 1.29 is 4.42 Å². The fraction of sp³-hybridized carbons (Fsp3) is 0. The van der Waals surface area contributed by atoms with E-state index in [9.17, 15) is 0 Å². The van der Waals surface area contributed by atoms with E-state index < -0.39 is 0 Å². The summed E-state index contributed by atoms with van der Waals surface area (Å²) in [4.78, 5) is 15.4. The Balaban J connectivity index is 1.25. The van der Waals surface area contributed by atoms with Gasteiger partial charge in [-0.3, -0.25) is 0 Å². The summed E-state index contributed by atoms with van der Waals surface area (Å²) in [6.45, 7) is 0. The summed E-state index contributed by atoms with van der Waals surface area (Å²) in [5.74, 6) is 1.92. The first-order valence-corrected chi connectivity index (χ1v) is 17.8. The van der Waals surface area contributed by atoms with E-state index in [1.165, 1.54) is 25.6 Å². The maximum absolute atomic E-state index is 6.42. The molecule has 0 unspecified atom stereocenters. The number of fused-ring (bicyclic) bond motifs is 9. The number of hydrogen-bond donors (Lipinski definition) is 0. The first-order valence-electron chi connectivity index (χ1n) is 16.9. The summed E-state index contributed by atoms with van der Waals surface area (Å²) in [5.41, 5.74) is 7.86. The molecule has 6 heteroatoms. The number of nitrogens with zero attached hydrogens (tertiary/aromatic N) is 4. The van der Waals surface area contributed by atoms with Crippen LogP contribution in [0.3, 0.4) is 0 Å². The molecule has 0 aliphatic heterocycles. The number of rotatable bonds is 4. The highest BCUT2D eigenvalue weighted by Gasteiger charge is 2.21. The van der Waals surface area contributed by atoms with E-state index in [2.05, 4.69) is 114 Å². The molecule has 0 bridgehead atoms. The molecule has 7 aromatic carbocycles. The molecule has 51 heavy (non-hydrogen) atoms. The Morgan fingerprint density at radius 3 is 1.82 bits per heavy atom. The molecule has 0 fully saturated rings. The molecule has 0 spiro atoms. The summed E-state index contributed by atoms with van der Waals surface area (Å²) in [5, 5.41) is 6.94. The normalized spacial score (nSPS) is 11.9. The average Bonchev–Trinajstić information content (AvgIpc) is 3.86. The molecule has 0 aliphatic carbocycles. The van der Waals surface area contributed by atoms with Crippen LogP contribution >= 0.6 is 11.3 Å². The fourth-order valence-corrected chi connectivity index (χ4v) is 8.71. The number of aromatic nitrogens is 4. The van der Waals surface area contributed by atoms with Crippen molar-refractivity contribution in [3.63, 3.8) is 0 Å². The lowest BCUT2D eigenvalue weighted by molar-refractivity contribution is 0.669. The van der Waals surface area contributed by atoms with Crippen LogP contribution in [0.4, 0.5) is 0 Å². The third-order valence-corrected chi connectivity index (χ3v) is 11.0. The van der Waals surface area contributed by atoms with Gasteiger partial charge in [0, 0.05) is 70.2 Å². The van der Waals surface area contributed by atoms with E-state index in [1.54, 1.807) is 11.3 Å². The first-order chi connectivity index (χ1) is 25.3. The highest BCUT2D eigenvalue weighted by atomic mass is 32.1. The zero-order chi connectivity index (χ0) is 33.5. The van der Waals surface area contributed by atoms with Crippen molar-refractivity contribution in [1.82, 2.24) is 19.5 Å². The Bertz CT molecular complexity index is 3080. The van der Waals surface area contributed by atoms with Gasteiger partial charge in [0.05, 0.1) is 11.0 Å². The monoisotopic (exact) mass is 670 g/mol. The molecule has 0 atom stereocenters. The second kappa shape index (κ2) is 10.9. The molecule has 0 N–H and O–H groups in total. The van der Waals surface area contributed by atoms with Crippen molar-refractivity contribution in [3.8, 4) is 39.9 Å². The molecular weight excluding hydrogens is 645 g/mol. The van der Waals surface area contributed by atoms with Gasteiger partial charge in [-0.1, -0.05) is 115 Å². The molecule has 0 amide bonds. The number of hydrogen-bond acceptors (Lipinski definition) is 5. The summed E-state index contributed by atoms with van der Waals surface area (Å²) in [6, 6.07) is 54.9. The Kier molecular flexibility index (Phi) is 6.05. The highest BCUT2D eigenvalue weighted by molar-refractivity contribution is 7.26. The number of furan rings is 1. The van der Waals surface area contributed by atoms with Crippen LogP contribution in [0.5, 0.6) is 0 Å². The summed E-state index contributed by atoms with van der Waals surface area (Å²) >= 11 is 1.80. The van der Waals surface area contributed by atoms with Crippen molar-refractivity contribution >= 4 is 75.3 Å². The minimum absolute atomic E-state index is 0.638. The van der Waals surface area contributed by atoms with E-state index in [0.29, 0.717) is 17.5 Å². The van der Waals surface area contributed by atoms with Gasteiger partial charge < -0.3 is 8.98 Å². The predicted molar refractivity (Wildman–Crippen MR) is 211 cm³/mol. The quantitative estimate of drug-likeness (QED) is 0.187. The van der Waals surface area contributed by atoms with Gasteiger partial charge >= 0.3 is 0 Å². The van der Waals surface area contributed by atoms with E-state index in [-0.39, 0.29) is 0 Å². The third-order valence-electron chi connectivity index (χ3n) is 9.83. The van der Waals surface area contributed by atoms with Crippen molar-refractivity contribution in [2.75, 3.05) is 0 Å². The fourth-order valence-electron chi connectivity index (χ4n) is 7.54. The largest absolute Gasteiger partial charge is 0.456 e. The molecule has 11 aromatic rings. The lowest BCUT2D eigenvalue weighted by Gasteiger charge is -2.13. The van der Waals surface area contributed by atoms with Gasteiger partial charge in [-0.05, 0) is 36.4 Å². The molecule has 0 saturated heterocycles. The van der Waals surface area contributed by atoms with Gasteiger partial charge in [-0.15, -0.1) is 11.3 Å². The Morgan fingerprint density at radius 2 is 1.06 bits per heavy atom. The zero-order valence-corrected chi connectivity index (χ0v) is 27.9. The van der Waals surface area contributed by atoms with Gasteiger partial charge in [0.2, 0.25) is 0 Å². The van der Waals surface area contributed by atoms with E-state index in [0.717, 1.165) is 60.7 Å². The van der Waals surface area contributed by atoms with E-state index in [1.807, 2.05) is 48.5 Å². The minimum Gasteiger partial charge on any atom is -0.456 e. The van der Waals surface area contributed by atoms with E-state index in [4.69, 9.17) is 19.4 Å². The van der Waals surface area contributed by atoms with Crippen LogP contribution in [-0.2, 0) is 0 Å². The Morgan fingerprint density at radius 1 is 0.431 bits per heavy atom. The maximum atomic E-state index is 6.42. The average molecular weight is 671 g/mol. The Labute approximate surface area is 295 Å². The zero-order valence-electron chi connectivity index (χ0n) is 27.1. The smallest absolute Gasteiger partial charge is 0.164 e. The van der Waals surface area contributed by atoms with Gasteiger partial charge in [0.1, 0.15) is 11.2 Å². The van der Waals surface area contributed by atoms with Crippen LogP contribution < -0.4 is 0 Å². The third kappa shape index (κ3) is 4.37. The van der Waals surface area contributed by atoms with Crippen molar-refractivity contribution in [2.45, 2.75) is 0 Å². The van der Waals surface area contributed by atoms with Crippen LogP contribution in [0.25, 0.3) is 104 Å². The molecule has 238 valence electrons. The molecule has 0 aliphatic rings. The van der Waals surface area contributed by atoms with Crippen LogP contribution in [0.15, 0.2) is 162 Å². The standard InChI is InChI=1S/C45H26N4OS/c1-3-13-27(14-4-1)43-46-44(28-15-5-2-6-16-28)48-45(47-43)35-23-29(24-41-42(35)32-19-9-12-22-40(32)51-41)49-36-20-10-7-17-30(36)33-25-34-31-18-8-11-21-38(31)50-39(34)26-37(33)49/h1-26H. The summed E-state index contributed by atoms with van der Waals surface area (Å²) in [7, 11) is 0. The molecule has 11 rings (SSSR count). The lowest BCUT2D eigenvalue weighted by atomic mass is 10.0. The number of thiophene rings is 1. The van der Waals surface area contributed by atoms with Crippen LogP contribution in [0.1, 0.15) is 0 Å². The molecule has 5 nitrogen and oxygen atoms in total.